The Kier molecular flexibility index (Phi) is 5.36. The second-order valence-electron chi connectivity index (χ2n) is 5.86. The van der Waals surface area contributed by atoms with Crippen molar-refractivity contribution < 1.29 is 18.3 Å². The molecule has 0 unspecified atom stereocenters. The maximum atomic E-state index is 12.7. The first kappa shape index (κ1) is 18.1. The van der Waals surface area contributed by atoms with Crippen molar-refractivity contribution in [3.63, 3.8) is 0 Å². The van der Waals surface area contributed by atoms with Crippen molar-refractivity contribution in [1.82, 2.24) is 9.71 Å². The van der Waals surface area contributed by atoms with E-state index in [0.29, 0.717) is 11.3 Å². The van der Waals surface area contributed by atoms with Crippen LogP contribution < -0.4 is 4.72 Å². The number of rotatable bonds is 6. The number of nitrogens with zero attached hydrogens (tertiary/aromatic N) is 1. The third-order valence-electron chi connectivity index (χ3n) is 3.59. The fourth-order valence-corrected chi connectivity index (χ4v) is 3.71. The van der Waals surface area contributed by atoms with Crippen molar-refractivity contribution in [2.24, 2.45) is 0 Å². The molecule has 0 amide bonds. The van der Waals surface area contributed by atoms with Gasteiger partial charge in [0.25, 0.3) is 0 Å². The number of aryl methyl sites for hydroxylation is 1. The minimum Gasteiger partial charge on any atom is -0.478 e. The highest BCUT2D eigenvalue weighted by Crippen LogP contribution is 2.25. The first-order chi connectivity index (χ1) is 11.2. The van der Waals surface area contributed by atoms with E-state index in [0.717, 1.165) is 5.56 Å². The molecule has 128 valence electrons. The summed E-state index contributed by atoms with van der Waals surface area (Å²) in [5, 5.41) is 9.12. The number of aromatic nitrogens is 1. The first-order valence-corrected chi connectivity index (χ1v) is 8.97. The molecule has 0 aliphatic carbocycles. The van der Waals surface area contributed by atoms with Crippen LogP contribution >= 0.6 is 0 Å². The standard InChI is InChI=1S/C17H20N2O4S/c1-11(2)15-5-4-13(17(20)21)9-16(15)24(22,23)19-10-14-8-12(3)6-7-18-14/h4-9,11,19H,10H2,1-3H3,(H,20,21). The minimum atomic E-state index is -3.86. The van der Waals surface area contributed by atoms with Gasteiger partial charge in [-0.3, -0.25) is 4.98 Å². The van der Waals surface area contributed by atoms with Crippen LogP contribution in [0.5, 0.6) is 0 Å². The van der Waals surface area contributed by atoms with Gasteiger partial charge in [0.15, 0.2) is 0 Å². The molecule has 0 saturated carbocycles. The van der Waals surface area contributed by atoms with Crippen LogP contribution in [0.1, 0.15) is 46.9 Å². The maximum absolute atomic E-state index is 12.7. The summed E-state index contributed by atoms with van der Waals surface area (Å²) in [6.07, 6.45) is 1.61. The Morgan fingerprint density at radius 2 is 1.96 bits per heavy atom. The third-order valence-corrected chi connectivity index (χ3v) is 5.04. The number of sulfonamides is 1. The zero-order valence-electron chi connectivity index (χ0n) is 13.8. The summed E-state index contributed by atoms with van der Waals surface area (Å²) in [6, 6.07) is 7.78. The second-order valence-corrected chi connectivity index (χ2v) is 7.60. The number of pyridine rings is 1. The number of carbonyl (C=O) groups is 1. The largest absolute Gasteiger partial charge is 0.478 e. The molecule has 2 N–H and O–H groups in total. The second kappa shape index (κ2) is 7.11. The number of nitrogens with one attached hydrogen (secondary N) is 1. The molecule has 0 radical (unpaired) electrons. The Morgan fingerprint density at radius 1 is 1.25 bits per heavy atom. The van der Waals surface area contributed by atoms with E-state index in [1.165, 1.54) is 12.1 Å². The molecule has 1 aromatic carbocycles. The molecule has 0 bridgehead atoms. The normalized spacial score (nSPS) is 11.7. The molecule has 6 nitrogen and oxygen atoms in total. The van der Waals surface area contributed by atoms with Gasteiger partial charge in [-0.25, -0.2) is 17.9 Å². The summed E-state index contributed by atoms with van der Waals surface area (Å²) in [5.41, 5.74) is 2.09. The van der Waals surface area contributed by atoms with E-state index in [9.17, 15) is 13.2 Å². The van der Waals surface area contributed by atoms with Crippen LogP contribution in [-0.4, -0.2) is 24.5 Å². The smallest absolute Gasteiger partial charge is 0.335 e. The number of hydrogen-bond donors (Lipinski definition) is 2. The SMILES string of the molecule is Cc1ccnc(CNS(=O)(=O)c2cc(C(=O)O)ccc2C(C)C)c1. The highest BCUT2D eigenvalue weighted by molar-refractivity contribution is 7.89. The van der Waals surface area contributed by atoms with E-state index in [1.54, 1.807) is 18.3 Å². The van der Waals surface area contributed by atoms with Gasteiger partial charge in [0, 0.05) is 6.20 Å². The van der Waals surface area contributed by atoms with E-state index in [-0.39, 0.29) is 22.9 Å². The van der Waals surface area contributed by atoms with Crippen molar-refractivity contribution in [2.45, 2.75) is 38.1 Å². The van der Waals surface area contributed by atoms with Crippen LogP contribution in [0.2, 0.25) is 0 Å². The Bertz CT molecular complexity index is 861. The molecular weight excluding hydrogens is 328 g/mol. The maximum Gasteiger partial charge on any atom is 0.335 e. The molecule has 0 spiro atoms. The third kappa shape index (κ3) is 4.18. The van der Waals surface area contributed by atoms with E-state index in [4.69, 9.17) is 5.11 Å². The molecule has 0 atom stereocenters. The van der Waals surface area contributed by atoms with Gasteiger partial charge in [-0.05, 0) is 48.2 Å². The van der Waals surface area contributed by atoms with Gasteiger partial charge in [-0.15, -0.1) is 0 Å². The zero-order valence-corrected chi connectivity index (χ0v) is 14.6. The van der Waals surface area contributed by atoms with Crippen LogP contribution in [-0.2, 0) is 16.6 Å². The van der Waals surface area contributed by atoms with Gasteiger partial charge < -0.3 is 5.11 Å². The fourth-order valence-electron chi connectivity index (χ4n) is 2.32. The van der Waals surface area contributed by atoms with Crippen molar-refractivity contribution in [3.8, 4) is 0 Å². The van der Waals surface area contributed by atoms with Crippen molar-refractivity contribution in [2.75, 3.05) is 0 Å². The molecule has 1 aromatic heterocycles. The predicted molar refractivity (Wildman–Crippen MR) is 90.5 cm³/mol. The lowest BCUT2D eigenvalue weighted by molar-refractivity contribution is 0.0696. The average Bonchev–Trinajstić information content (AvgIpc) is 2.52. The molecule has 7 heteroatoms. The van der Waals surface area contributed by atoms with E-state index < -0.39 is 16.0 Å². The summed E-state index contributed by atoms with van der Waals surface area (Å²) in [5.74, 6) is -1.22. The lowest BCUT2D eigenvalue weighted by Gasteiger charge is -2.15. The van der Waals surface area contributed by atoms with Crippen LogP contribution in [0.4, 0.5) is 0 Å². The van der Waals surface area contributed by atoms with Crippen molar-refractivity contribution in [1.29, 1.82) is 0 Å². The number of carboxylic acid groups (broad SMARTS) is 1. The molecule has 24 heavy (non-hydrogen) atoms. The van der Waals surface area contributed by atoms with Gasteiger partial charge >= 0.3 is 5.97 Å². The van der Waals surface area contributed by atoms with Gasteiger partial charge in [-0.1, -0.05) is 19.9 Å². The lowest BCUT2D eigenvalue weighted by atomic mass is 10.0. The van der Waals surface area contributed by atoms with Crippen LogP contribution in [0.15, 0.2) is 41.4 Å². The van der Waals surface area contributed by atoms with E-state index in [2.05, 4.69) is 9.71 Å². The van der Waals surface area contributed by atoms with Crippen LogP contribution in [0, 0.1) is 6.92 Å². The highest BCUT2D eigenvalue weighted by atomic mass is 32.2. The Labute approximate surface area is 141 Å². The summed E-state index contributed by atoms with van der Waals surface area (Å²) in [4.78, 5) is 15.3. The zero-order chi connectivity index (χ0) is 17.9. The first-order valence-electron chi connectivity index (χ1n) is 7.49. The Hall–Kier alpha value is -2.25. The number of benzene rings is 1. The summed E-state index contributed by atoms with van der Waals surface area (Å²) in [7, 11) is -3.86. The van der Waals surface area contributed by atoms with Crippen molar-refractivity contribution >= 4 is 16.0 Å². The molecule has 2 rings (SSSR count). The molecular formula is C17H20N2O4S. The summed E-state index contributed by atoms with van der Waals surface area (Å²) >= 11 is 0. The van der Waals surface area contributed by atoms with Crippen molar-refractivity contribution in [3.05, 3.63) is 58.9 Å². The molecule has 0 aliphatic rings. The highest BCUT2D eigenvalue weighted by Gasteiger charge is 2.22. The topological polar surface area (TPSA) is 96.4 Å². The van der Waals surface area contributed by atoms with Gasteiger partial charge in [0.1, 0.15) is 0 Å². The lowest BCUT2D eigenvalue weighted by Crippen LogP contribution is -2.25. The number of hydrogen-bond acceptors (Lipinski definition) is 4. The fraction of sp³-hybridized carbons (Fsp3) is 0.294. The monoisotopic (exact) mass is 348 g/mol. The molecule has 0 aliphatic heterocycles. The van der Waals surface area contributed by atoms with E-state index in [1.807, 2.05) is 26.8 Å². The summed E-state index contributed by atoms with van der Waals surface area (Å²) in [6.45, 7) is 5.65. The molecule has 1 heterocycles. The Balaban J connectivity index is 2.36. The predicted octanol–water partition coefficient (Wildman–Crippen LogP) is 2.69. The van der Waals surface area contributed by atoms with E-state index >= 15 is 0 Å². The van der Waals surface area contributed by atoms with Crippen LogP contribution in [0.25, 0.3) is 0 Å². The van der Waals surface area contributed by atoms with Gasteiger partial charge in [0.2, 0.25) is 10.0 Å². The van der Waals surface area contributed by atoms with Gasteiger partial charge in [0.05, 0.1) is 22.7 Å². The van der Waals surface area contributed by atoms with Gasteiger partial charge in [-0.2, -0.15) is 0 Å². The molecule has 2 aromatic rings. The Morgan fingerprint density at radius 3 is 2.54 bits per heavy atom. The number of aromatic carboxylic acids is 1. The van der Waals surface area contributed by atoms with Crippen LogP contribution in [0.3, 0.4) is 0 Å². The quantitative estimate of drug-likeness (QED) is 0.836. The molecule has 0 fully saturated rings. The average molecular weight is 348 g/mol. The number of carboxylic acids is 1. The summed E-state index contributed by atoms with van der Waals surface area (Å²) < 4.78 is 27.8. The minimum absolute atomic E-state index is 0.00921. The molecule has 0 saturated heterocycles.